The molecule has 0 aromatic rings. The second kappa shape index (κ2) is 21.3. The zero-order valence-corrected chi connectivity index (χ0v) is 18.4. The average molecular weight is 365 g/mol. The van der Waals surface area contributed by atoms with Crippen molar-refractivity contribution in [3.8, 4) is 0 Å². The van der Waals surface area contributed by atoms with E-state index in [4.69, 9.17) is 0 Å². The second-order valence-electron chi connectivity index (χ2n) is 9.19. The SMILES string of the molecule is C1CCCCCCCCCCCCCCCCCCCCCCCCC1. The maximum atomic E-state index is 1.50. The fraction of sp³-hybridized carbons (Fsp3) is 1.00. The van der Waals surface area contributed by atoms with Crippen LogP contribution in [0.4, 0.5) is 0 Å². The number of rotatable bonds is 0. The maximum Gasteiger partial charge on any atom is -0.0533 e. The molecule has 0 saturated heterocycles. The first-order valence-corrected chi connectivity index (χ1v) is 13.0. The lowest BCUT2D eigenvalue weighted by Gasteiger charge is -2.05. The van der Waals surface area contributed by atoms with E-state index in [1.165, 1.54) is 167 Å². The second-order valence-corrected chi connectivity index (χ2v) is 9.19. The number of hydrogen-bond donors (Lipinski definition) is 0. The molecule has 0 aromatic carbocycles. The van der Waals surface area contributed by atoms with Gasteiger partial charge < -0.3 is 0 Å². The molecule has 1 rings (SSSR count). The molecule has 0 spiro atoms. The van der Waals surface area contributed by atoms with Crippen LogP contribution in [-0.2, 0) is 0 Å². The largest absolute Gasteiger partial charge is 0.0533 e. The topological polar surface area (TPSA) is 0 Å². The fourth-order valence-electron chi connectivity index (χ4n) is 4.60. The van der Waals surface area contributed by atoms with Gasteiger partial charge in [-0.25, -0.2) is 0 Å². The lowest BCUT2D eigenvalue weighted by atomic mass is 10.0. The summed E-state index contributed by atoms with van der Waals surface area (Å²) in [6.07, 6.45) is 39.0. The fourth-order valence-corrected chi connectivity index (χ4v) is 4.60. The van der Waals surface area contributed by atoms with E-state index < -0.39 is 0 Å². The average Bonchev–Trinajstić information content (AvgIpc) is 2.65. The van der Waals surface area contributed by atoms with E-state index in [9.17, 15) is 0 Å². The molecular formula is C26H52. The first kappa shape index (κ1) is 24.0. The van der Waals surface area contributed by atoms with Gasteiger partial charge in [0.2, 0.25) is 0 Å². The normalized spacial score (nSPS) is 24.0. The van der Waals surface area contributed by atoms with Crippen LogP contribution in [0.15, 0.2) is 0 Å². The van der Waals surface area contributed by atoms with Gasteiger partial charge in [0.05, 0.1) is 0 Å². The zero-order valence-electron chi connectivity index (χ0n) is 18.4. The summed E-state index contributed by atoms with van der Waals surface area (Å²) in [5.74, 6) is 0. The molecule has 0 nitrogen and oxygen atoms in total. The van der Waals surface area contributed by atoms with Gasteiger partial charge >= 0.3 is 0 Å². The molecule has 1 aliphatic rings. The molecule has 0 heterocycles. The highest BCUT2D eigenvalue weighted by Gasteiger charge is 1.97. The summed E-state index contributed by atoms with van der Waals surface area (Å²) >= 11 is 0. The van der Waals surface area contributed by atoms with E-state index in [1.807, 2.05) is 0 Å². The summed E-state index contributed by atoms with van der Waals surface area (Å²) in [5, 5.41) is 0. The highest BCUT2D eigenvalue weighted by molar-refractivity contribution is 4.53. The van der Waals surface area contributed by atoms with Gasteiger partial charge in [-0.2, -0.15) is 0 Å². The molecule has 0 aliphatic heterocycles. The lowest BCUT2D eigenvalue weighted by molar-refractivity contribution is 0.504. The Morgan fingerprint density at radius 2 is 0.115 bits per heavy atom. The Bertz CT molecular complexity index is 122. The van der Waals surface area contributed by atoms with Gasteiger partial charge in [-0.1, -0.05) is 167 Å². The Hall–Kier alpha value is 0. The van der Waals surface area contributed by atoms with E-state index in [0.717, 1.165) is 0 Å². The van der Waals surface area contributed by atoms with Crippen LogP contribution >= 0.6 is 0 Å². The standard InChI is InChI=1S/C26H52/c1-2-4-6-8-10-12-14-16-18-20-22-24-26-25-23-21-19-17-15-13-11-9-7-5-3-1/h1-26H2. The molecule has 0 N–H and O–H groups in total. The van der Waals surface area contributed by atoms with Crippen LogP contribution in [0, 0.1) is 0 Å². The highest BCUT2D eigenvalue weighted by atomic mass is 14.0. The molecule has 1 aliphatic carbocycles. The minimum Gasteiger partial charge on any atom is -0.0533 e. The summed E-state index contributed by atoms with van der Waals surface area (Å²) in [6, 6.07) is 0. The van der Waals surface area contributed by atoms with Crippen LogP contribution < -0.4 is 0 Å². The van der Waals surface area contributed by atoms with Crippen molar-refractivity contribution in [1.82, 2.24) is 0 Å². The van der Waals surface area contributed by atoms with Gasteiger partial charge in [0.1, 0.15) is 0 Å². The third kappa shape index (κ3) is 18.8. The summed E-state index contributed by atoms with van der Waals surface area (Å²) in [6.45, 7) is 0. The van der Waals surface area contributed by atoms with Crippen molar-refractivity contribution < 1.29 is 0 Å². The van der Waals surface area contributed by atoms with Crippen LogP contribution in [-0.4, -0.2) is 0 Å². The molecule has 156 valence electrons. The predicted octanol–water partition coefficient (Wildman–Crippen LogP) is 10.1. The molecule has 1 saturated carbocycles. The van der Waals surface area contributed by atoms with E-state index in [1.54, 1.807) is 0 Å². The Morgan fingerprint density at radius 3 is 0.154 bits per heavy atom. The van der Waals surface area contributed by atoms with Crippen molar-refractivity contribution in [2.24, 2.45) is 0 Å². The van der Waals surface area contributed by atoms with Gasteiger partial charge in [0, 0.05) is 0 Å². The van der Waals surface area contributed by atoms with Crippen LogP contribution in [0.1, 0.15) is 167 Å². The van der Waals surface area contributed by atoms with Crippen molar-refractivity contribution in [1.29, 1.82) is 0 Å². The molecule has 0 aromatic heterocycles. The van der Waals surface area contributed by atoms with Crippen LogP contribution in [0.3, 0.4) is 0 Å². The lowest BCUT2D eigenvalue weighted by Crippen LogP contribution is -1.85. The van der Waals surface area contributed by atoms with Gasteiger partial charge in [-0.3, -0.25) is 0 Å². The molecular weight excluding hydrogens is 312 g/mol. The van der Waals surface area contributed by atoms with Gasteiger partial charge in [-0.15, -0.1) is 0 Å². The molecule has 26 heavy (non-hydrogen) atoms. The molecule has 0 heteroatoms. The molecule has 0 radical (unpaired) electrons. The molecule has 0 amide bonds. The third-order valence-electron chi connectivity index (χ3n) is 6.50. The summed E-state index contributed by atoms with van der Waals surface area (Å²) in [4.78, 5) is 0. The predicted molar refractivity (Wildman–Crippen MR) is 120 cm³/mol. The summed E-state index contributed by atoms with van der Waals surface area (Å²) in [5.41, 5.74) is 0. The van der Waals surface area contributed by atoms with Crippen molar-refractivity contribution in [3.05, 3.63) is 0 Å². The quantitative estimate of drug-likeness (QED) is 0.401. The first-order valence-electron chi connectivity index (χ1n) is 13.0. The highest BCUT2D eigenvalue weighted by Crippen LogP contribution is 2.17. The van der Waals surface area contributed by atoms with Crippen molar-refractivity contribution in [2.75, 3.05) is 0 Å². The maximum absolute atomic E-state index is 1.50. The Balaban J connectivity index is 2.00. The monoisotopic (exact) mass is 364 g/mol. The van der Waals surface area contributed by atoms with E-state index >= 15 is 0 Å². The van der Waals surface area contributed by atoms with Crippen molar-refractivity contribution in [2.45, 2.75) is 167 Å². The third-order valence-corrected chi connectivity index (χ3v) is 6.50. The van der Waals surface area contributed by atoms with Crippen LogP contribution in [0.5, 0.6) is 0 Å². The van der Waals surface area contributed by atoms with Crippen LogP contribution in [0.25, 0.3) is 0 Å². The van der Waals surface area contributed by atoms with E-state index in [-0.39, 0.29) is 0 Å². The van der Waals surface area contributed by atoms with Gasteiger partial charge in [0.25, 0.3) is 0 Å². The van der Waals surface area contributed by atoms with Gasteiger partial charge in [-0.05, 0) is 0 Å². The van der Waals surface area contributed by atoms with Crippen LogP contribution in [0.2, 0.25) is 0 Å². The minimum atomic E-state index is 1.50. The smallest absolute Gasteiger partial charge is 0.0533 e. The molecule has 1 fully saturated rings. The molecule has 0 bridgehead atoms. The van der Waals surface area contributed by atoms with E-state index in [0.29, 0.717) is 0 Å². The zero-order chi connectivity index (χ0) is 18.4. The Labute approximate surface area is 167 Å². The first-order chi connectivity index (χ1) is 13.0. The molecule has 0 atom stereocenters. The van der Waals surface area contributed by atoms with Gasteiger partial charge in [0.15, 0.2) is 0 Å². The minimum absolute atomic E-state index is 1.50. The molecule has 0 unspecified atom stereocenters. The Morgan fingerprint density at radius 1 is 0.0769 bits per heavy atom. The van der Waals surface area contributed by atoms with Crippen molar-refractivity contribution >= 4 is 0 Å². The summed E-state index contributed by atoms with van der Waals surface area (Å²) in [7, 11) is 0. The van der Waals surface area contributed by atoms with E-state index in [2.05, 4.69) is 0 Å². The number of hydrogen-bond acceptors (Lipinski definition) is 0. The Kier molecular flexibility index (Phi) is 19.7. The summed E-state index contributed by atoms with van der Waals surface area (Å²) < 4.78 is 0. The van der Waals surface area contributed by atoms with Crippen molar-refractivity contribution in [3.63, 3.8) is 0 Å².